The topological polar surface area (TPSA) is 79.0 Å². The third kappa shape index (κ3) is 3.59. The first-order valence-corrected chi connectivity index (χ1v) is 6.48. The number of anilines is 1. The van der Waals surface area contributed by atoms with Gasteiger partial charge in [0.15, 0.2) is 0 Å². The molecule has 1 aliphatic rings. The molecule has 19 heavy (non-hydrogen) atoms. The fourth-order valence-electron chi connectivity index (χ4n) is 2.59. The predicted molar refractivity (Wildman–Crippen MR) is 73.8 cm³/mol. The van der Waals surface area contributed by atoms with Crippen LogP contribution in [0.3, 0.4) is 0 Å². The molecule has 1 heterocycles. The molecular formula is C14H22N2O3. The summed E-state index contributed by atoms with van der Waals surface area (Å²) in [6.45, 7) is 6.29. The zero-order valence-electron chi connectivity index (χ0n) is 11.5. The second kappa shape index (κ2) is 5.36. The van der Waals surface area contributed by atoms with E-state index < -0.39 is 0 Å². The Bertz CT molecular complexity index is 448. The van der Waals surface area contributed by atoms with Crippen LogP contribution in [0.2, 0.25) is 0 Å². The van der Waals surface area contributed by atoms with Crippen LogP contribution in [-0.2, 0) is 11.3 Å². The second-order valence-corrected chi connectivity index (χ2v) is 5.74. The molecule has 1 aromatic rings. The highest BCUT2D eigenvalue weighted by Gasteiger charge is 2.32. The number of hydrogen-bond donors (Lipinski definition) is 3. The normalized spacial score (nSPS) is 23.4. The largest absolute Gasteiger partial charge is 0.506 e. The van der Waals surface area contributed by atoms with E-state index >= 15 is 0 Å². The molecule has 4 N–H and O–H groups in total. The van der Waals surface area contributed by atoms with Gasteiger partial charge in [-0.1, -0.05) is 6.07 Å². The van der Waals surface area contributed by atoms with E-state index in [2.05, 4.69) is 4.90 Å². The third-order valence-corrected chi connectivity index (χ3v) is 3.25. The van der Waals surface area contributed by atoms with E-state index in [9.17, 15) is 10.2 Å². The monoisotopic (exact) mass is 266 g/mol. The van der Waals surface area contributed by atoms with E-state index in [0.29, 0.717) is 12.2 Å². The van der Waals surface area contributed by atoms with Gasteiger partial charge in [0.25, 0.3) is 0 Å². The number of nitrogens with two attached hydrogens (primary N) is 1. The molecule has 1 fully saturated rings. The molecule has 2 rings (SSSR count). The van der Waals surface area contributed by atoms with Gasteiger partial charge in [0.05, 0.1) is 24.0 Å². The SMILES string of the molecule is CC1(C)CN(Cc2ccc(O)c(N)c2)CC(CO)O1. The minimum Gasteiger partial charge on any atom is -0.506 e. The molecule has 5 nitrogen and oxygen atoms in total. The fraction of sp³-hybridized carbons (Fsp3) is 0.571. The van der Waals surface area contributed by atoms with Gasteiger partial charge in [0, 0.05) is 19.6 Å². The predicted octanol–water partition coefficient (Wildman–Crippen LogP) is 0.946. The fourth-order valence-corrected chi connectivity index (χ4v) is 2.59. The highest BCUT2D eigenvalue weighted by atomic mass is 16.5. The summed E-state index contributed by atoms with van der Waals surface area (Å²) < 4.78 is 5.78. The van der Waals surface area contributed by atoms with Gasteiger partial charge in [-0.3, -0.25) is 4.90 Å². The molecule has 1 aliphatic heterocycles. The number of hydrogen-bond acceptors (Lipinski definition) is 5. The minimum atomic E-state index is -0.270. The van der Waals surface area contributed by atoms with Gasteiger partial charge in [-0.25, -0.2) is 0 Å². The molecule has 0 aliphatic carbocycles. The molecular weight excluding hydrogens is 244 g/mol. The van der Waals surface area contributed by atoms with Gasteiger partial charge in [-0.05, 0) is 31.5 Å². The maximum Gasteiger partial charge on any atom is 0.138 e. The molecule has 0 saturated carbocycles. The summed E-state index contributed by atoms with van der Waals surface area (Å²) in [6, 6.07) is 5.26. The quantitative estimate of drug-likeness (QED) is 0.560. The molecule has 1 atom stereocenters. The lowest BCUT2D eigenvalue weighted by atomic mass is 10.0. The summed E-state index contributed by atoms with van der Waals surface area (Å²) in [7, 11) is 0. The number of ether oxygens (including phenoxy) is 1. The van der Waals surface area contributed by atoms with Crippen LogP contribution in [0.25, 0.3) is 0 Å². The summed E-state index contributed by atoms with van der Waals surface area (Å²) in [5.74, 6) is 0.110. The maximum atomic E-state index is 9.42. The number of nitrogens with zero attached hydrogens (tertiary/aromatic N) is 1. The van der Waals surface area contributed by atoms with E-state index in [1.165, 1.54) is 0 Å². The molecule has 0 bridgehead atoms. The van der Waals surface area contributed by atoms with Crippen molar-refractivity contribution in [2.24, 2.45) is 0 Å². The van der Waals surface area contributed by atoms with E-state index in [1.54, 1.807) is 12.1 Å². The van der Waals surface area contributed by atoms with Crippen LogP contribution in [0, 0.1) is 0 Å². The highest BCUT2D eigenvalue weighted by Crippen LogP contribution is 2.25. The van der Waals surface area contributed by atoms with E-state index in [4.69, 9.17) is 10.5 Å². The molecule has 1 unspecified atom stereocenters. The van der Waals surface area contributed by atoms with Crippen LogP contribution in [0.15, 0.2) is 18.2 Å². The zero-order chi connectivity index (χ0) is 14.0. The number of aliphatic hydroxyl groups excluding tert-OH is 1. The van der Waals surface area contributed by atoms with Crippen LogP contribution in [0.1, 0.15) is 19.4 Å². The summed E-state index contributed by atoms with van der Waals surface area (Å²) in [5, 5.41) is 18.7. The van der Waals surface area contributed by atoms with Crippen molar-refractivity contribution in [1.82, 2.24) is 4.90 Å². The number of morpholine rings is 1. The maximum absolute atomic E-state index is 9.42. The van der Waals surface area contributed by atoms with E-state index in [0.717, 1.165) is 18.7 Å². The van der Waals surface area contributed by atoms with Crippen LogP contribution in [0.4, 0.5) is 5.69 Å². The van der Waals surface area contributed by atoms with Gasteiger partial charge in [-0.2, -0.15) is 0 Å². The smallest absolute Gasteiger partial charge is 0.138 e. The molecule has 0 amide bonds. The third-order valence-electron chi connectivity index (χ3n) is 3.25. The Balaban J connectivity index is 2.07. The Kier molecular flexibility index (Phi) is 3.99. The first-order valence-electron chi connectivity index (χ1n) is 6.48. The Morgan fingerprint density at radius 3 is 2.84 bits per heavy atom. The lowest BCUT2D eigenvalue weighted by Gasteiger charge is -2.42. The van der Waals surface area contributed by atoms with Crippen molar-refractivity contribution in [1.29, 1.82) is 0 Å². The summed E-state index contributed by atoms with van der Waals surface area (Å²) in [4.78, 5) is 2.23. The van der Waals surface area contributed by atoms with Crippen molar-refractivity contribution in [2.75, 3.05) is 25.4 Å². The molecule has 1 aromatic carbocycles. The van der Waals surface area contributed by atoms with Crippen molar-refractivity contribution < 1.29 is 14.9 Å². The van der Waals surface area contributed by atoms with E-state index in [1.807, 2.05) is 19.9 Å². The standard InChI is InChI=1S/C14H22N2O3/c1-14(2)9-16(7-11(8-17)19-14)6-10-3-4-13(18)12(15)5-10/h3-5,11,17-18H,6-9,15H2,1-2H3. The van der Waals surface area contributed by atoms with Gasteiger partial charge in [-0.15, -0.1) is 0 Å². The summed E-state index contributed by atoms with van der Waals surface area (Å²) in [5.41, 5.74) is 6.87. The molecule has 5 heteroatoms. The number of aliphatic hydroxyl groups is 1. The Labute approximate surface area is 113 Å². The first-order chi connectivity index (χ1) is 8.89. The van der Waals surface area contributed by atoms with Gasteiger partial charge in [0.2, 0.25) is 0 Å². The number of phenols is 1. The Morgan fingerprint density at radius 1 is 1.47 bits per heavy atom. The van der Waals surface area contributed by atoms with Crippen molar-refractivity contribution in [3.8, 4) is 5.75 Å². The van der Waals surface area contributed by atoms with Crippen molar-refractivity contribution in [2.45, 2.75) is 32.1 Å². The van der Waals surface area contributed by atoms with Crippen molar-refractivity contribution >= 4 is 5.69 Å². The summed E-state index contributed by atoms with van der Waals surface area (Å²) >= 11 is 0. The first kappa shape index (κ1) is 14.1. The van der Waals surface area contributed by atoms with E-state index in [-0.39, 0.29) is 24.1 Å². The number of nitrogen functional groups attached to an aromatic ring is 1. The Morgan fingerprint density at radius 2 is 2.21 bits per heavy atom. The summed E-state index contributed by atoms with van der Waals surface area (Å²) in [6.07, 6.45) is -0.154. The van der Waals surface area contributed by atoms with Crippen LogP contribution in [-0.4, -0.2) is 46.5 Å². The average molecular weight is 266 g/mol. The van der Waals surface area contributed by atoms with Crippen molar-refractivity contribution in [3.63, 3.8) is 0 Å². The van der Waals surface area contributed by atoms with Crippen molar-refractivity contribution in [3.05, 3.63) is 23.8 Å². The number of phenolic OH excluding ortho intramolecular Hbond substituents is 1. The lowest BCUT2D eigenvalue weighted by molar-refractivity contribution is -0.150. The number of benzene rings is 1. The number of rotatable bonds is 3. The van der Waals surface area contributed by atoms with Crippen LogP contribution < -0.4 is 5.73 Å². The molecule has 1 saturated heterocycles. The molecule has 0 aromatic heterocycles. The molecule has 106 valence electrons. The minimum absolute atomic E-state index is 0.0254. The van der Waals surface area contributed by atoms with Crippen LogP contribution >= 0.6 is 0 Å². The second-order valence-electron chi connectivity index (χ2n) is 5.74. The Hall–Kier alpha value is -1.30. The highest BCUT2D eigenvalue weighted by molar-refractivity contribution is 5.53. The van der Waals surface area contributed by atoms with Crippen LogP contribution in [0.5, 0.6) is 5.75 Å². The van der Waals surface area contributed by atoms with Gasteiger partial charge >= 0.3 is 0 Å². The van der Waals surface area contributed by atoms with Gasteiger partial charge < -0.3 is 20.7 Å². The zero-order valence-corrected chi connectivity index (χ0v) is 11.5. The molecule has 0 spiro atoms. The molecule has 0 radical (unpaired) electrons. The number of aromatic hydroxyl groups is 1. The lowest BCUT2D eigenvalue weighted by Crippen LogP contribution is -2.53. The van der Waals surface area contributed by atoms with Gasteiger partial charge in [0.1, 0.15) is 5.75 Å². The average Bonchev–Trinajstić information content (AvgIpc) is 2.32.